The number of methoxy groups -OCH3 is 1. The molecule has 0 amide bonds. The third kappa shape index (κ3) is 3.11. The molecule has 2 aromatic rings. The molecule has 0 saturated heterocycles. The fourth-order valence-corrected chi connectivity index (χ4v) is 2.17. The molecule has 106 valence electrons. The van der Waals surface area contributed by atoms with Crippen LogP contribution in [0.3, 0.4) is 0 Å². The van der Waals surface area contributed by atoms with Gasteiger partial charge in [-0.2, -0.15) is 5.26 Å². The predicted molar refractivity (Wildman–Crippen MR) is 81.6 cm³/mol. The number of benzene rings is 2. The van der Waals surface area contributed by atoms with Crippen LogP contribution < -0.4 is 4.74 Å². The van der Waals surface area contributed by atoms with Crippen LogP contribution in [0.4, 0.5) is 0 Å². The standard InChI is InChI=1S/C18H17NO2/c1-12-7-8-15(9-13(12)2)18(20)17(11-19)14-5-4-6-16(10-14)21-3/h4-10,17H,1-3H3. The molecule has 3 nitrogen and oxygen atoms in total. The Morgan fingerprint density at radius 3 is 2.52 bits per heavy atom. The Labute approximate surface area is 124 Å². The summed E-state index contributed by atoms with van der Waals surface area (Å²) in [6, 6.07) is 14.7. The highest BCUT2D eigenvalue weighted by Gasteiger charge is 2.22. The number of ketones is 1. The molecular formula is C18H17NO2. The molecule has 2 rings (SSSR count). The number of nitrogens with zero attached hydrogens (tertiary/aromatic N) is 1. The molecule has 0 N–H and O–H groups in total. The summed E-state index contributed by atoms with van der Waals surface area (Å²) in [4.78, 5) is 12.6. The predicted octanol–water partition coefficient (Wildman–Crippen LogP) is 3.80. The zero-order chi connectivity index (χ0) is 15.4. The first-order valence-corrected chi connectivity index (χ1v) is 6.72. The van der Waals surface area contributed by atoms with Crippen molar-refractivity contribution in [2.75, 3.05) is 7.11 Å². The van der Waals surface area contributed by atoms with Gasteiger partial charge in [-0.25, -0.2) is 0 Å². The van der Waals surface area contributed by atoms with Gasteiger partial charge in [0.1, 0.15) is 11.7 Å². The smallest absolute Gasteiger partial charge is 0.184 e. The molecule has 0 radical (unpaired) electrons. The van der Waals surface area contributed by atoms with Crippen LogP contribution in [0.15, 0.2) is 42.5 Å². The van der Waals surface area contributed by atoms with Crippen LogP contribution in [0.25, 0.3) is 0 Å². The summed E-state index contributed by atoms with van der Waals surface area (Å²) in [7, 11) is 1.56. The summed E-state index contributed by atoms with van der Waals surface area (Å²) in [6.07, 6.45) is 0. The van der Waals surface area contributed by atoms with Crippen LogP contribution in [-0.4, -0.2) is 12.9 Å². The van der Waals surface area contributed by atoms with E-state index in [4.69, 9.17) is 4.74 Å². The van der Waals surface area contributed by atoms with Crippen molar-refractivity contribution in [3.63, 3.8) is 0 Å². The molecule has 1 atom stereocenters. The minimum Gasteiger partial charge on any atom is -0.497 e. The van der Waals surface area contributed by atoms with E-state index in [1.54, 1.807) is 37.4 Å². The number of ether oxygens (including phenoxy) is 1. The van der Waals surface area contributed by atoms with E-state index in [2.05, 4.69) is 6.07 Å². The van der Waals surface area contributed by atoms with Gasteiger partial charge in [-0.3, -0.25) is 4.79 Å². The van der Waals surface area contributed by atoms with Gasteiger partial charge in [-0.05, 0) is 48.7 Å². The van der Waals surface area contributed by atoms with Gasteiger partial charge in [0.25, 0.3) is 0 Å². The number of hydrogen-bond acceptors (Lipinski definition) is 3. The summed E-state index contributed by atoms with van der Waals surface area (Å²) < 4.78 is 5.15. The highest BCUT2D eigenvalue weighted by Crippen LogP contribution is 2.24. The Bertz CT molecular complexity index is 713. The molecule has 0 heterocycles. The van der Waals surface area contributed by atoms with Crippen molar-refractivity contribution in [1.82, 2.24) is 0 Å². The van der Waals surface area contributed by atoms with Gasteiger partial charge in [-0.1, -0.05) is 24.3 Å². The second-order valence-corrected chi connectivity index (χ2v) is 5.00. The average molecular weight is 279 g/mol. The molecule has 0 aliphatic heterocycles. The number of aryl methyl sites for hydroxylation is 2. The van der Waals surface area contributed by atoms with Crippen molar-refractivity contribution >= 4 is 5.78 Å². The Morgan fingerprint density at radius 1 is 1.14 bits per heavy atom. The van der Waals surface area contributed by atoms with E-state index in [-0.39, 0.29) is 5.78 Å². The molecule has 0 aromatic heterocycles. The van der Waals surface area contributed by atoms with E-state index in [0.717, 1.165) is 11.1 Å². The highest BCUT2D eigenvalue weighted by atomic mass is 16.5. The first-order chi connectivity index (χ1) is 10.1. The first-order valence-electron chi connectivity index (χ1n) is 6.72. The number of carbonyl (C=O) groups excluding carboxylic acids is 1. The number of nitriles is 1. The minimum absolute atomic E-state index is 0.186. The SMILES string of the molecule is COc1cccc(C(C#N)C(=O)c2ccc(C)c(C)c2)c1. The lowest BCUT2D eigenvalue weighted by molar-refractivity contribution is 0.0979. The Hall–Kier alpha value is -2.60. The van der Waals surface area contributed by atoms with Crippen LogP contribution in [0.1, 0.15) is 33.0 Å². The third-order valence-corrected chi connectivity index (χ3v) is 3.61. The van der Waals surface area contributed by atoms with Gasteiger partial charge >= 0.3 is 0 Å². The summed E-state index contributed by atoms with van der Waals surface area (Å²) >= 11 is 0. The lowest BCUT2D eigenvalue weighted by Gasteiger charge is -2.11. The van der Waals surface area contributed by atoms with E-state index in [0.29, 0.717) is 16.9 Å². The van der Waals surface area contributed by atoms with Crippen molar-refractivity contribution in [1.29, 1.82) is 5.26 Å². The minimum atomic E-state index is -0.817. The molecule has 1 unspecified atom stereocenters. The first kappa shape index (κ1) is 14.8. The lowest BCUT2D eigenvalue weighted by Crippen LogP contribution is -2.11. The average Bonchev–Trinajstić information content (AvgIpc) is 2.51. The van der Waals surface area contributed by atoms with Crippen LogP contribution in [-0.2, 0) is 0 Å². The number of hydrogen-bond donors (Lipinski definition) is 0. The molecule has 0 fully saturated rings. The van der Waals surface area contributed by atoms with Gasteiger partial charge in [0.2, 0.25) is 0 Å². The van der Waals surface area contributed by atoms with Crippen molar-refractivity contribution in [3.8, 4) is 11.8 Å². The third-order valence-electron chi connectivity index (χ3n) is 3.61. The van der Waals surface area contributed by atoms with Crippen molar-refractivity contribution in [2.24, 2.45) is 0 Å². The quantitative estimate of drug-likeness (QED) is 0.800. The van der Waals surface area contributed by atoms with Gasteiger partial charge in [0, 0.05) is 5.56 Å². The van der Waals surface area contributed by atoms with E-state index >= 15 is 0 Å². The van der Waals surface area contributed by atoms with Gasteiger partial charge in [-0.15, -0.1) is 0 Å². The molecule has 2 aromatic carbocycles. The molecule has 0 spiro atoms. The molecule has 0 aliphatic rings. The zero-order valence-corrected chi connectivity index (χ0v) is 12.4. The van der Waals surface area contributed by atoms with E-state index in [1.807, 2.05) is 26.0 Å². The van der Waals surface area contributed by atoms with Gasteiger partial charge in [0.05, 0.1) is 13.2 Å². The summed E-state index contributed by atoms with van der Waals surface area (Å²) in [5.41, 5.74) is 3.39. The molecule has 21 heavy (non-hydrogen) atoms. The van der Waals surface area contributed by atoms with Crippen molar-refractivity contribution in [3.05, 3.63) is 64.7 Å². The summed E-state index contributed by atoms with van der Waals surface area (Å²) in [5.74, 6) is -0.364. The normalized spacial score (nSPS) is 11.5. The fraction of sp³-hybridized carbons (Fsp3) is 0.222. The largest absolute Gasteiger partial charge is 0.497 e. The van der Waals surface area contributed by atoms with E-state index in [9.17, 15) is 10.1 Å². The Morgan fingerprint density at radius 2 is 1.90 bits per heavy atom. The lowest BCUT2D eigenvalue weighted by atomic mass is 9.90. The number of Topliss-reactive ketones (excluding diaryl/α,β-unsaturated/α-hetero) is 1. The second-order valence-electron chi connectivity index (χ2n) is 5.00. The highest BCUT2D eigenvalue weighted by molar-refractivity contribution is 6.03. The van der Waals surface area contributed by atoms with Gasteiger partial charge < -0.3 is 4.74 Å². The maximum Gasteiger partial charge on any atom is 0.184 e. The van der Waals surface area contributed by atoms with Crippen LogP contribution in [0.5, 0.6) is 5.75 Å². The van der Waals surface area contributed by atoms with Crippen LogP contribution in [0.2, 0.25) is 0 Å². The Kier molecular flexibility index (Phi) is 4.39. The summed E-state index contributed by atoms with van der Waals surface area (Å²) in [5, 5.41) is 9.39. The maximum atomic E-state index is 12.6. The molecule has 0 aliphatic carbocycles. The molecule has 0 bridgehead atoms. The van der Waals surface area contributed by atoms with E-state index < -0.39 is 5.92 Å². The second kappa shape index (κ2) is 6.23. The summed E-state index contributed by atoms with van der Waals surface area (Å²) in [6.45, 7) is 3.95. The Balaban J connectivity index is 2.38. The fourth-order valence-electron chi connectivity index (χ4n) is 2.17. The van der Waals surface area contributed by atoms with Gasteiger partial charge in [0.15, 0.2) is 5.78 Å². The van der Waals surface area contributed by atoms with Crippen molar-refractivity contribution in [2.45, 2.75) is 19.8 Å². The number of rotatable bonds is 4. The zero-order valence-electron chi connectivity index (χ0n) is 12.4. The maximum absolute atomic E-state index is 12.6. The molecular weight excluding hydrogens is 262 g/mol. The molecule has 0 saturated carbocycles. The number of carbonyl (C=O) groups is 1. The molecule has 3 heteroatoms. The monoisotopic (exact) mass is 279 g/mol. The topological polar surface area (TPSA) is 50.1 Å². The van der Waals surface area contributed by atoms with Crippen LogP contribution >= 0.6 is 0 Å². The van der Waals surface area contributed by atoms with Crippen molar-refractivity contribution < 1.29 is 9.53 Å². The van der Waals surface area contributed by atoms with E-state index in [1.165, 1.54) is 0 Å². The van der Waals surface area contributed by atoms with Crippen LogP contribution in [0, 0.1) is 25.2 Å².